The van der Waals surface area contributed by atoms with E-state index in [2.05, 4.69) is 0 Å². The molecule has 0 bridgehead atoms. The smallest absolute Gasteiger partial charge is 0.124 e. The predicted molar refractivity (Wildman–Crippen MR) is 75.8 cm³/mol. The van der Waals surface area contributed by atoms with Gasteiger partial charge in [-0.3, -0.25) is 4.21 Å². The highest BCUT2D eigenvalue weighted by molar-refractivity contribution is 7.85. The lowest BCUT2D eigenvalue weighted by molar-refractivity contribution is 0.622. The molecule has 0 saturated carbocycles. The van der Waals surface area contributed by atoms with Gasteiger partial charge in [-0.05, 0) is 30.7 Å². The Balaban J connectivity index is 2.11. The van der Waals surface area contributed by atoms with Gasteiger partial charge in [0.1, 0.15) is 5.82 Å². The quantitative estimate of drug-likeness (QED) is 0.933. The average Bonchev–Trinajstić information content (AvgIpc) is 2.38. The summed E-state index contributed by atoms with van der Waals surface area (Å²) < 4.78 is 25.2. The SMILES string of the molecule is Cc1cccc(C(N)CS(=O)c2cccc(F)c2)c1. The molecule has 2 unspecified atom stereocenters. The summed E-state index contributed by atoms with van der Waals surface area (Å²) >= 11 is 0. The van der Waals surface area contributed by atoms with Crippen LogP contribution >= 0.6 is 0 Å². The van der Waals surface area contributed by atoms with Crippen LogP contribution in [-0.4, -0.2) is 9.96 Å². The van der Waals surface area contributed by atoms with Crippen LogP contribution in [0.25, 0.3) is 0 Å². The second-order valence-electron chi connectivity index (χ2n) is 4.49. The standard InChI is InChI=1S/C15H16FNOS/c1-11-4-2-5-12(8-11)15(17)10-19(18)14-7-3-6-13(16)9-14/h2-9,15H,10,17H2,1H3. The minimum Gasteiger partial charge on any atom is -0.323 e. The van der Waals surface area contributed by atoms with Gasteiger partial charge in [-0.25, -0.2) is 4.39 Å². The van der Waals surface area contributed by atoms with Crippen molar-refractivity contribution in [2.75, 3.05) is 5.75 Å². The molecule has 0 heterocycles. The molecule has 0 saturated heterocycles. The third-order valence-corrected chi connectivity index (χ3v) is 4.30. The van der Waals surface area contributed by atoms with Gasteiger partial charge in [-0.1, -0.05) is 35.9 Å². The van der Waals surface area contributed by atoms with Gasteiger partial charge in [0, 0.05) is 16.7 Å². The van der Waals surface area contributed by atoms with Crippen LogP contribution in [-0.2, 0) is 10.8 Å². The van der Waals surface area contributed by atoms with Gasteiger partial charge < -0.3 is 5.73 Å². The largest absolute Gasteiger partial charge is 0.323 e. The Hall–Kier alpha value is -1.52. The van der Waals surface area contributed by atoms with Gasteiger partial charge in [-0.2, -0.15) is 0 Å². The van der Waals surface area contributed by atoms with E-state index in [4.69, 9.17) is 5.73 Å². The number of hydrogen-bond donors (Lipinski definition) is 1. The lowest BCUT2D eigenvalue weighted by Crippen LogP contribution is -2.18. The lowest BCUT2D eigenvalue weighted by atomic mass is 10.1. The molecular formula is C15H16FNOS. The van der Waals surface area contributed by atoms with Crippen LogP contribution in [0.1, 0.15) is 17.2 Å². The third kappa shape index (κ3) is 3.72. The number of nitrogens with two attached hydrogens (primary N) is 1. The molecule has 2 N–H and O–H groups in total. The van der Waals surface area contributed by atoms with Crippen LogP contribution in [0.15, 0.2) is 53.4 Å². The van der Waals surface area contributed by atoms with Crippen LogP contribution in [0.4, 0.5) is 4.39 Å². The maximum absolute atomic E-state index is 13.1. The van der Waals surface area contributed by atoms with Crippen LogP contribution in [0.5, 0.6) is 0 Å². The molecule has 2 aromatic carbocycles. The Bertz CT molecular complexity index is 600. The summed E-state index contributed by atoms with van der Waals surface area (Å²) in [4.78, 5) is 0.475. The van der Waals surface area contributed by atoms with E-state index in [1.165, 1.54) is 12.1 Å². The van der Waals surface area contributed by atoms with Crippen molar-refractivity contribution in [1.29, 1.82) is 0 Å². The van der Waals surface area contributed by atoms with E-state index in [1.54, 1.807) is 12.1 Å². The highest BCUT2D eigenvalue weighted by Gasteiger charge is 2.12. The minimum absolute atomic E-state index is 0.285. The first kappa shape index (κ1) is 13.9. The van der Waals surface area contributed by atoms with E-state index in [1.807, 2.05) is 31.2 Å². The van der Waals surface area contributed by atoms with E-state index >= 15 is 0 Å². The zero-order valence-corrected chi connectivity index (χ0v) is 11.5. The fourth-order valence-corrected chi connectivity index (χ4v) is 3.05. The molecule has 0 aliphatic heterocycles. The van der Waals surface area contributed by atoms with Crippen LogP contribution in [0, 0.1) is 12.7 Å². The maximum Gasteiger partial charge on any atom is 0.124 e. The van der Waals surface area contributed by atoms with Crippen LogP contribution in [0.2, 0.25) is 0 Å². The number of halogens is 1. The molecule has 2 nitrogen and oxygen atoms in total. The molecule has 2 aromatic rings. The molecule has 4 heteroatoms. The Morgan fingerprint density at radius 3 is 2.63 bits per heavy atom. The summed E-state index contributed by atoms with van der Waals surface area (Å²) in [6.45, 7) is 1.99. The topological polar surface area (TPSA) is 43.1 Å². The van der Waals surface area contributed by atoms with Crippen molar-refractivity contribution in [3.8, 4) is 0 Å². The lowest BCUT2D eigenvalue weighted by Gasteiger charge is -2.12. The maximum atomic E-state index is 13.1. The molecule has 0 aliphatic carbocycles. The van der Waals surface area contributed by atoms with Gasteiger partial charge in [0.25, 0.3) is 0 Å². The Kier molecular flexibility index (Phi) is 4.45. The van der Waals surface area contributed by atoms with Crippen molar-refractivity contribution in [2.45, 2.75) is 17.9 Å². The number of rotatable bonds is 4. The first-order valence-electron chi connectivity index (χ1n) is 6.02. The molecule has 0 aromatic heterocycles. The minimum atomic E-state index is -1.30. The molecule has 0 fully saturated rings. The first-order valence-corrected chi connectivity index (χ1v) is 7.34. The Morgan fingerprint density at radius 2 is 1.95 bits per heavy atom. The van der Waals surface area contributed by atoms with Crippen molar-refractivity contribution in [3.63, 3.8) is 0 Å². The Morgan fingerprint density at radius 1 is 1.21 bits per heavy atom. The number of hydrogen-bond acceptors (Lipinski definition) is 2. The molecular weight excluding hydrogens is 261 g/mol. The second kappa shape index (κ2) is 6.08. The average molecular weight is 277 g/mol. The fourth-order valence-electron chi connectivity index (χ4n) is 1.86. The molecule has 100 valence electrons. The summed E-state index contributed by atoms with van der Waals surface area (Å²) in [6.07, 6.45) is 0. The van der Waals surface area contributed by atoms with Crippen molar-refractivity contribution in [2.24, 2.45) is 5.73 Å². The first-order chi connectivity index (χ1) is 9.06. The van der Waals surface area contributed by atoms with E-state index in [0.717, 1.165) is 11.1 Å². The normalized spacial score (nSPS) is 14.1. The summed E-state index contributed by atoms with van der Waals surface area (Å²) in [5, 5.41) is 0. The van der Waals surface area contributed by atoms with E-state index < -0.39 is 10.8 Å². The number of aryl methyl sites for hydroxylation is 1. The molecule has 0 spiro atoms. The molecule has 0 radical (unpaired) electrons. The van der Waals surface area contributed by atoms with E-state index in [0.29, 0.717) is 4.90 Å². The second-order valence-corrected chi connectivity index (χ2v) is 5.99. The van der Waals surface area contributed by atoms with Gasteiger partial charge in [0.2, 0.25) is 0 Å². The zero-order chi connectivity index (χ0) is 13.8. The van der Waals surface area contributed by atoms with Gasteiger partial charge >= 0.3 is 0 Å². The summed E-state index contributed by atoms with van der Waals surface area (Å²) in [7, 11) is -1.30. The Labute approximate surface area is 114 Å². The highest BCUT2D eigenvalue weighted by atomic mass is 32.2. The van der Waals surface area contributed by atoms with Crippen molar-refractivity contribution < 1.29 is 8.60 Å². The molecule has 0 amide bonds. The monoisotopic (exact) mass is 277 g/mol. The molecule has 2 atom stereocenters. The molecule has 19 heavy (non-hydrogen) atoms. The van der Waals surface area contributed by atoms with Crippen molar-refractivity contribution in [3.05, 3.63) is 65.5 Å². The van der Waals surface area contributed by atoms with Crippen molar-refractivity contribution in [1.82, 2.24) is 0 Å². The molecule has 2 rings (SSSR count). The highest BCUT2D eigenvalue weighted by Crippen LogP contribution is 2.17. The van der Waals surface area contributed by atoms with Crippen LogP contribution < -0.4 is 5.73 Å². The predicted octanol–water partition coefficient (Wildman–Crippen LogP) is 2.94. The summed E-state index contributed by atoms with van der Waals surface area (Å²) in [6, 6.07) is 13.3. The van der Waals surface area contributed by atoms with Crippen molar-refractivity contribution >= 4 is 10.8 Å². The van der Waals surface area contributed by atoms with Gasteiger partial charge in [-0.15, -0.1) is 0 Å². The van der Waals surface area contributed by atoms with Gasteiger partial charge in [0.15, 0.2) is 0 Å². The van der Waals surface area contributed by atoms with E-state index in [9.17, 15) is 8.60 Å². The summed E-state index contributed by atoms with van der Waals surface area (Å²) in [5.74, 6) is -0.0950. The molecule has 0 aliphatic rings. The third-order valence-electron chi connectivity index (χ3n) is 2.86. The summed E-state index contributed by atoms with van der Waals surface area (Å²) in [5.41, 5.74) is 8.12. The fraction of sp³-hybridized carbons (Fsp3) is 0.200. The number of benzene rings is 2. The van der Waals surface area contributed by atoms with E-state index in [-0.39, 0.29) is 17.6 Å². The van der Waals surface area contributed by atoms with Gasteiger partial charge in [0.05, 0.1) is 10.8 Å². The zero-order valence-electron chi connectivity index (χ0n) is 10.7. The van der Waals surface area contributed by atoms with Crippen LogP contribution in [0.3, 0.4) is 0 Å².